The Labute approximate surface area is 116 Å². The summed E-state index contributed by atoms with van der Waals surface area (Å²) in [6.45, 7) is 3.98. The molecule has 1 atom stereocenters. The highest BCUT2D eigenvalue weighted by Crippen LogP contribution is 2.27. The number of carbonyl (C=O) groups excluding carboxylic acids is 1. The second-order valence-electron chi connectivity index (χ2n) is 5.12. The summed E-state index contributed by atoms with van der Waals surface area (Å²) in [7, 11) is 0. The number of rotatable bonds is 3. The van der Waals surface area contributed by atoms with Gasteiger partial charge in [-0.15, -0.1) is 0 Å². The van der Waals surface area contributed by atoms with Gasteiger partial charge in [-0.2, -0.15) is 0 Å². The van der Waals surface area contributed by atoms with E-state index >= 15 is 0 Å². The summed E-state index contributed by atoms with van der Waals surface area (Å²) < 4.78 is 5.15. The molecule has 1 heterocycles. The Hall–Kier alpha value is -1.99. The van der Waals surface area contributed by atoms with Crippen LogP contribution in [0.4, 0.5) is 11.4 Å². The maximum Gasteiger partial charge on any atom is 0.272 e. The number of nitro groups is 1. The summed E-state index contributed by atoms with van der Waals surface area (Å²) in [6, 6.07) is 3.03. The van der Waals surface area contributed by atoms with Crippen LogP contribution in [0.2, 0.25) is 0 Å². The van der Waals surface area contributed by atoms with Crippen LogP contribution in [-0.2, 0) is 9.53 Å². The number of nitrogens with zero attached hydrogens (tertiary/aromatic N) is 1. The third-order valence-corrected chi connectivity index (χ3v) is 3.49. The Balaban J connectivity index is 2.24. The van der Waals surface area contributed by atoms with Crippen molar-refractivity contribution in [2.75, 3.05) is 18.5 Å². The summed E-state index contributed by atoms with van der Waals surface area (Å²) in [5.74, 6) is -0.327. The number of carbonyl (C=O) groups is 1. The number of nitrogens with two attached hydrogens (primary N) is 1. The van der Waals surface area contributed by atoms with Crippen molar-refractivity contribution in [2.45, 2.75) is 25.8 Å². The maximum absolute atomic E-state index is 12.2. The van der Waals surface area contributed by atoms with Crippen LogP contribution in [0.3, 0.4) is 0 Å². The molecular formula is C13H17N3O4. The van der Waals surface area contributed by atoms with E-state index in [9.17, 15) is 14.9 Å². The molecule has 1 aliphatic rings. The number of amides is 1. The van der Waals surface area contributed by atoms with Crippen LogP contribution in [-0.4, -0.2) is 29.6 Å². The minimum Gasteiger partial charge on any atom is -0.379 e. The van der Waals surface area contributed by atoms with Gasteiger partial charge in [0.05, 0.1) is 11.5 Å². The van der Waals surface area contributed by atoms with Crippen molar-refractivity contribution < 1.29 is 14.5 Å². The normalized spacial score (nSPS) is 21.8. The number of nitrogens with one attached hydrogen (secondary N) is 1. The molecule has 1 saturated heterocycles. The topological polar surface area (TPSA) is 107 Å². The summed E-state index contributed by atoms with van der Waals surface area (Å²) in [6.07, 6.45) is 0.462. The SMILES string of the molecule is Cc1cc([N+](=O)[O-])c(C)cc1NC(=O)C1(N)CCOC1. The molecule has 1 unspecified atom stereocenters. The molecule has 1 aromatic carbocycles. The van der Waals surface area contributed by atoms with Crippen molar-refractivity contribution in [1.29, 1.82) is 0 Å². The van der Waals surface area contributed by atoms with Crippen LogP contribution in [0, 0.1) is 24.0 Å². The van der Waals surface area contributed by atoms with Crippen LogP contribution in [0.1, 0.15) is 17.5 Å². The highest BCUT2D eigenvalue weighted by atomic mass is 16.6. The Morgan fingerprint density at radius 3 is 2.70 bits per heavy atom. The smallest absolute Gasteiger partial charge is 0.272 e. The van der Waals surface area contributed by atoms with E-state index in [4.69, 9.17) is 10.5 Å². The van der Waals surface area contributed by atoms with Crippen molar-refractivity contribution in [2.24, 2.45) is 5.73 Å². The third kappa shape index (κ3) is 2.63. The van der Waals surface area contributed by atoms with Gasteiger partial charge >= 0.3 is 0 Å². The highest BCUT2D eigenvalue weighted by molar-refractivity contribution is 5.99. The van der Waals surface area contributed by atoms with Gasteiger partial charge in [-0.25, -0.2) is 0 Å². The minimum atomic E-state index is -1.03. The van der Waals surface area contributed by atoms with E-state index in [1.807, 2.05) is 0 Å². The number of hydrogen-bond donors (Lipinski definition) is 2. The van der Waals surface area contributed by atoms with Gasteiger partial charge in [-0.1, -0.05) is 0 Å². The zero-order valence-corrected chi connectivity index (χ0v) is 11.4. The third-order valence-electron chi connectivity index (χ3n) is 3.49. The van der Waals surface area contributed by atoms with Crippen LogP contribution >= 0.6 is 0 Å². The van der Waals surface area contributed by atoms with E-state index in [1.54, 1.807) is 19.9 Å². The molecule has 108 valence electrons. The Kier molecular flexibility index (Phi) is 3.74. The number of nitro benzene ring substituents is 1. The van der Waals surface area contributed by atoms with Gasteiger partial charge in [0.25, 0.3) is 5.69 Å². The number of aryl methyl sites for hydroxylation is 2. The van der Waals surface area contributed by atoms with E-state index in [0.717, 1.165) is 0 Å². The summed E-state index contributed by atoms with van der Waals surface area (Å²) in [4.78, 5) is 22.6. The van der Waals surface area contributed by atoms with Crippen LogP contribution in [0.15, 0.2) is 12.1 Å². The Morgan fingerprint density at radius 2 is 2.15 bits per heavy atom. The van der Waals surface area contributed by atoms with Crippen molar-refractivity contribution in [3.63, 3.8) is 0 Å². The van der Waals surface area contributed by atoms with Gasteiger partial charge in [0, 0.05) is 23.9 Å². The zero-order valence-electron chi connectivity index (χ0n) is 11.4. The molecule has 20 heavy (non-hydrogen) atoms. The Bertz CT molecular complexity index is 565. The predicted octanol–water partition coefficient (Wildman–Crippen LogP) is 1.27. The first-order valence-electron chi connectivity index (χ1n) is 6.27. The van der Waals surface area contributed by atoms with Gasteiger partial charge in [0.2, 0.25) is 5.91 Å². The van der Waals surface area contributed by atoms with E-state index in [-0.39, 0.29) is 18.2 Å². The fourth-order valence-electron chi connectivity index (χ4n) is 2.14. The van der Waals surface area contributed by atoms with Crippen LogP contribution in [0.25, 0.3) is 0 Å². The lowest BCUT2D eigenvalue weighted by atomic mass is 9.98. The number of benzene rings is 1. The molecule has 3 N–H and O–H groups in total. The fraction of sp³-hybridized carbons (Fsp3) is 0.462. The van der Waals surface area contributed by atoms with Crippen molar-refractivity contribution in [1.82, 2.24) is 0 Å². The van der Waals surface area contributed by atoms with Gasteiger partial charge < -0.3 is 15.8 Å². The maximum atomic E-state index is 12.2. The lowest BCUT2D eigenvalue weighted by Gasteiger charge is -2.21. The quantitative estimate of drug-likeness (QED) is 0.640. The molecule has 1 amide bonds. The average molecular weight is 279 g/mol. The first-order chi connectivity index (χ1) is 9.33. The second kappa shape index (κ2) is 5.18. The van der Waals surface area contributed by atoms with Crippen molar-refractivity contribution >= 4 is 17.3 Å². The molecule has 1 aliphatic heterocycles. The van der Waals surface area contributed by atoms with E-state index in [2.05, 4.69) is 5.32 Å². The lowest BCUT2D eigenvalue weighted by Crippen LogP contribution is -2.51. The van der Waals surface area contributed by atoms with Gasteiger partial charge in [0.1, 0.15) is 5.54 Å². The standard InChI is InChI=1S/C13H17N3O4/c1-8-6-11(16(18)19)9(2)5-10(8)15-12(17)13(14)3-4-20-7-13/h5-6H,3-4,7,14H2,1-2H3,(H,15,17). The van der Waals surface area contributed by atoms with Crippen LogP contribution < -0.4 is 11.1 Å². The first-order valence-corrected chi connectivity index (χ1v) is 6.27. The molecule has 2 rings (SSSR count). The fourth-order valence-corrected chi connectivity index (χ4v) is 2.14. The minimum absolute atomic E-state index is 0.0344. The lowest BCUT2D eigenvalue weighted by molar-refractivity contribution is -0.385. The summed E-state index contributed by atoms with van der Waals surface area (Å²) in [5.41, 5.74) is 6.63. The molecule has 0 aromatic heterocycles. The molecule has 0 aliphatic carbocycles. The van der Waals surface area contributed by atoms with E-state index < -0.39 is 10.5 Å². The highest BCUT2D eigenvalue weighted by Gasteiger charge is 2.38. The van der Waals surface area contributed by atoms with Gasteiger partial charge in [-0.3, -0.25) is 14.9 Å². The summed E-state index contributed by atoms with van der Waals surface area (Å²) >= 11 is 0. The Morgan fingerprint density at radius 1 is 1.45 bits per heavy atom. The van der Waals surface area contributed by atoms with Crippen LogP contribution in [0.5, 0.6) is 0 Å². The number of hydrogen-bond acceptors (Lipinski definition) is 5. The average Bonchev–Trinajstić information content (AvgIpc) is 2.81. The predicted molar refractivity (Wildman–Crippen MR) is 73.6 cm³/mol. The largest absolute Gasteiger partial charge is 0.379 e. The molecule has 1 fully saturated rings. The molecule has 0 spiro atoms. The van der Waals surface area contributed by atoms with E-state index in [1.165, 1.54) is 6.07 Å². The molecule has 7 heteroatoms. The molecule has 0 saturated carbocycles. The molecule has 1 aromatic rings. The molecule has 0 radical (unpaired) electrons. The van der Waals surface area contributed by atoms with Gasteiger partial charge in [-0.05, 0) is 31.9 Å². The zero-order chi connectivity index (χ0) is 14.9. The van der Waals surface area contributed by atoms with Crippen molar-refractivity contribution in [3.05, 3.63) is 33.4 Å². The first kappa shape index (κ1) is 14.4. The van der Waals surface area contributed by atoms with Crippen molar-refractivity contribution in [3.8, 4) is 0 Å². The molecule has 0 bridgehead atoms. The molecule has 7 nitrogen and oxygen atoms in total. The monoisotopic (exact) mass is 279 g/mol. The molecular weight excluding hydrogens is 262 g/mol. The summed E-state index contributed by atoms with van der Waals surface area (Å²) in [5, 5.41) is 13.6. The number of anilines is 1. The van der Waals surface area contributed by atoms with E-state index in [0.29, 0.717) is 29.8 Å². The second-order valence-corrected chi connectivity index (χ2v) is 5.12. The van der Waals surface area contributed by atoms with Gasteiger partial charge in [0.15, 0.2) is 0 Å². The number of ether oxygens (including phenoxy) is 1.